The number of thiazole rings is 1. The number of H-pyrrole nitrogens is 1. The highest BCUT2D eigenvalue weighted by Gasteiger charge is 2.21. The smallest absolute Gasteiger partial charge is 0.295 e. The molecule has 8 heteroatoms. The zero-order valence-electron chi connectivity index (χ0n) is 9.31. The maximum Gasteiger partial charge on any atom is 0.330 e. The molecule has 0 aromatic carbocycles. The highest BCUT2D eigenvalue weighted by molar-refractivity contribution is 7.09. The minimum absolute atomic E-state index is 0.442. The highest BCUT2D eigenvalue weighted by atomic mass is 35.5. The van der Waals surface area contributed by atoms with Crippen LogP contribution in [0, 0.1) is 5.82 Å². The third kappa shape index (κ3) is 2.11. The molecular weight excluding hydrogens is 281 g/mol. The quantitative estimate of drug-likeness (QED) is 0.876. The van der Waals surface area contributed by atoms with Crippen molar-refractivity contribution in [3.05, 3.63) is 48.4 Å². The van der Waals surface area contributed by atoms with E-state index in [4.69, 9.17) is 11.6 Å². The Labute approximate surface area is 110 Å². The molecule has 0 bridgehead atoms. The second-order valence-corrected chi connectivity index (χ2v) is 4.83. The Bertz CT molecular complexity index is 665. The van der Waals surface area contributed by atoms with Gasteiger partial charge in [0.1, 0.15) is 5.01 Å². The van der Waals surface area contributed by atoms with Gasteiger partial charge in [-0.15, -0.1) is 11.3 Å². The largest absolute Gasteiger partial charge is 0.330 e. The molecule has 0 aliphatic carbocycles. The first kappa shape index (κ1) is 13.0. The third-order valence-corrected chi connectivity index (χ3v) is 3.61. The topological polar surface area (TPSA) is 67.8 Å². The van der Waals surface area contributed by atoms with Crippen molar-refractivity contribution in [1.29, 1.82) is 0 Å². The lowest BCUT2D eigenvalue weighted by Crippen LogP contribution is -2.40. The first-order valence-electron chi connectivity index (χ1n) is 5.15. The van der Waals surface area contributed by atoms with Crippen LogP contribution in [0.1, 0.15) is 24.4 Å². The summed E-state index contributed by atoms with van der Waals surface area (Å²) in [6.07, 6.45) is 2.01. The molecule has 2 rings (SSSR count). The van der Waals surface area contributed by atoms with E-state index in [9.17, 15) is 14.0 Å². The Balaban J connectivity index is 2.68. The summed E-state index contributed by atoms with van der Waals surface area (Å²) in [5, 5.41) is 1.73. The summed E-state index contributed by atoms with van der Waals surface area (Å²) in [5.41, 5.74) is -1.78. The zero-order valence-corrected chi connectivity index (χ0v) is 10.9. The molecule has 0 fully saturated rings. The predicted octanol–water partition coefficient (Wildman–Crippen LogP) is 1.78. The second-order valence-electron chi connectivity index (χ2n) is 3.53. The van der Waals surface area contributed by atoms with E-state index in [0.29, 0.717) is 11.4 Å². The average Bonchev–Trinajstić information content (AvgIpc) is 2.85. The molecule has 0 radical (unpaired) electrons. The average molecular weight is 290 g/mol. The van der Waals surface area contributed by atoms with Crippen LogP contribution >= 0.6 is 22.9 Å². The van der Waals surface area contributed by atoms with E-state index < -0.39 is 28.3 Å². The van der Waals surface area contributed by atoms with Crippen LogP contribution in [0.25, 0.3) is 0 Å². The molecule has 0 saturated heterocycles. The molecule has 0 amide bonds. The number of hydrogen-bond donors (Lipinski definition) is 1. The lowest BCUT2D eigenvalue weighted by atomic mass is 10.2. The van der Waals surface area contributed by atoms with Crippen molar-refractivity contribution in [2.45, 2.75) is 19.4 Å². The van der Waals surface area contributed by atoms with E-state index in [1.54, 1.807) is 18.5 Å². The number of nitrogens with one attached hydrogen (secondary N) is 1. The lowest BCUT2D eigenvalue weighted by Gasteiger charge is -2.14. The lowest BCUT2D eigenvalue weighted by molar-refractivity contribution is 0.482. The fraction of sp³-hybridized carbons (Fsp3) is 0.300. The van der Waals surface area contributed by atoms with Crippen molar-refractivity contribution < 1.29 is 4.39 Å². The summed E-state index contributed by atoms with van der Waals surface area (Å²) in [7, 11) is 0. The number of hydrogen-bond acceptors (Lipinski definition) is 4. The van der Waals surface area contributed by atoms with Crippen molar-refractivity contribution in [2.24, 2.45) is 0 Å². The summed E-state index contributed by atoms with van der Waals surface area (Å²) in [6, 6.07) is -0.590. The maximum absolute atomic E-state index is 13.5. The van der Waals surface area contributed by atoms with Gasteiger partial charge in [0.15, 0.2) is 5.15 Å². The van der Waals surface area contributed by atoms with E-state index in [1.165, 1.54) is 11.3 Å². The van der Waals surface area contributed by atoms with Crippen molar-refractivity contribution in [1.82, 2.24) is 14.5 Å². The molecule has 5 nitrogen and oxygen atoms in total. The second kappa shape index (κ2) is 5.03. The van der Waals surface area contributed by atoms with E-state index in [0.717, 1.165) is 4.57 Å². The molecule has 2 heterocycles. The van der Waals surface area contributed by atoms with Crippen LogP contribution in [0.15, 0.2) is 21.2 Å². The Hall–Kier alpha value is -1.47. The number of nitrogens with zero attached hydrogens (tertiary/aromatic N) is 2. The Kier molecular flexibility index (Phi) is 3.63. The fourth-order valence-electron chi connectivity index (χ4n) is 1.65. The fourth-order valence-corrected chi connectivity index (χ4v) is 2.62. The molecule has 2 aromatic rings. The molecule has 1 unspecified atom stereocenters. The van der Waals surface area contributed by atoms with Gasteiger partial charge >= 0.3 is 5.69 Å². The number of aromatic amines is 1. The van der Waals surface area contributed by atoms with Gasteiger partial charge in [-0.25, -0.2) is 14.3 Å². The van der Waals surface area contributed by atoms with Gasteiger partial charge in [0.05, 0.1) is 6.04 Å². The van der Waals surface area contributed by atoms with Gasteiger partial charge < -0.3 is 0 Å². The number of halogens is 2. The van der Waals surface area contributed by atoms with Gasteiger partial charge in [0, 0.05) is 11.6 Å². The number of aromatic nitrogens is 3. The molecule has 0 saturated carbocycles. The first-order chi connectivity index (χ1) is 8.56. The molecule has 1 N–H and O–H groups in total. The van der Waals surface area contributed by atoms with Gasteiger partial charge in [-0.2, -0.15) is 4.39 Å². The van der Waals surface area contributed by atoms with E-state index in [1.807, 2.05) is 0 Å². The summed E-state index contributed by atoms with van der Waals surface area (Å²) in [4.78, 5) is 29.7. The summed E-state index contributed by atoms with van der Waals surface area (Å²) >= 11 is 6.71. The Morgan fingerprint density at radius 2 is 2.33 bits per heavy atom. The van der Waals surface area contributed by atoms with Crippen LogP contribution in [-0.4, -0.2) is 14.5 Å². The van der Waals surface area contributed by atoms with Crippen molar-refractivity contribution in [3.8, 4) is 0 Å². The Morgan fingerprint density at radius 3 is 2.89 bits per heavy atom. The van der Waals surface area contributed by atoms with E-state index in [2.05, 4.69) is 9.97 Å². The van der Waals surface area contributed by atoms with Crippen LogP contribution in [-0.2, 0) is 0 Å². The van der Waals surface area contributed by atoms with Crippen LogP contribution in [0.4, 0.5) is 4.39 Å². The SMILES string of the molecule is CCC(c1nccs1)n1c(=O)[nH]c(Cl)c(F)c1=O. The molecule has 0 spiro atoms. The normalized spacial score (nSPS) is 12.6. The van der Waals surface area contributed by atoms with Gasteiger partial charge in [0.2, 0.25) is 5.82 Å². The van der Waals surface area contributed by atoms with E-state index in [-0.39, 0.29) is 0 Å². The summed E-state index contributed by atoms with van der Waals surface area (Å²) in [6.45, 7) is 1.78. The van der Waals surface area contributed by atoms with Gasteiger partial charge in [-0.3, -0.25) is 9.78 Å². The van der Waals surface area contributed by atoms with Crippen LogP contribution in [0.2, 0.25) is 5.15 Å². The standard InChI is InChI=1S/C10H9ClFN3O2S/c1-2-5(8-13-3-4-18-8)15-9(16)6(12)7(11)14-10(15)17/h3-5H,2H2,1H3,(H,14,17). The van der Waals surface area contributed by atoms with Crippen molar-refractivity contribution in [3.63, 3.8) is 0 Å². The molecule has 1 atom stereocenters. The maximum atomic E-state index is 13.5. The van der Waals surface area contributed by atoms with Crippen LogP contribution in [0.3, 0.4) is 0 Å². The molecule has 0 aliphatic heterocycles. The Morgan fingerprint density at radius 1 is 1.61 bits per heavy atom. The minimum Gasteiger partial charge on any atom is -0.295 e. The van der Waals surface area contributed by atoms with Crippen molar-refractivity contribution in [2.75, 3.05) is 0 Å². The van der Waals surface area contributed by atoms with Crippen LogP contribution in [0.5, 0.6) is 0 Å². The molecule has 18 heavy (non-hydrogen) atoms. The molecule has 96 valence electrons. The summed E-state index contributed by atoms with van der Waals surface area (Å²) in [5.74, 6) is -1.16. The van der Waals surface area contributed by atoms with Gasteiger partial charge in [-0.05, 0) is 6.42 Å². The van der Waals surface area contributed by atoms with Gasteiger partial charge in [-0.1, -0.05) is 18.5 Å². The summed E-state index contributed by atoms with van der Waals surface area (Å²) < 4.78 is 14.3. The third-order valence-electron chi connectivity index (χ3n) is 2.47. The van der Waals surface area contributed by atoms with Crippen LogP contribution < -0.4 is 11.2 Å². The highest BCUT2D eigenvalue weighted by Crippen LogP contribution is 2.21. The van der Waals surface area contributed by atoms with Gasteiger partial charge in [0.25, 0.3) is 5.56 Å². The minimum atomic E-state index is -1.16. The monoisotopic (exact) mass is 289 g/mol. The zero-order chi connectivity index (χ0) is 13.3. The molecule has 2 aromatic heterocycles. The number of rotatable bonds is 3. The molecular formula is C10H9ClFN3O2S. The van der Waals surface area contributed by atoms with E-state index >= 15 is 0 Å². The molecule has 0 aliphatic rings. The predicted molar refractivity (Wildman–Crippen MR) is 66.8 cm³/mol. The first-order valence-corrected chi connectivity index (χ1v) is 6.41. The van der Waals surface area contributed by atoms with Crippen molar-refractivity contribution >= 4 is 22.9 Å².